The summed E-state index contributed by atoms with van der Waals surface area (Å²) in [5.74, 6) is 0.377. The van der Waals surface area contributed by atoms with E-state index in [9.17, 15) is 5.11 Å². The number of phenolic OH excluding ortho intramolecular Hbond substituents is 1. The second-order valence-electron chi connectivity index (χ2n) is 5.79. The quantitative estimate of drug-likeness (QED) is 0.802. The van der Waals surface area contributed by atoms with E-state index in [2.05, 4.69) is 20.9 Å². The highest BCUT2D eigenvalue weighted by Gasteiger charge is 2.19. The van der Waals surface area contributed by atoms with Crippen molar-refractivity contribution in [2.45, 2.75) is 44.7 Å². The number of benzene rings is 1. The molecule has 0 amide bonds. The molecule has 1 aliphatic carbocycles. The van der Waals surface area contributed by atoms with Gasteiger partial charge >= 0.3 is 0 Å². The van der Waals surface area contributed by atoms with Crippen molar-refractivity contribution in [3.63, 3.8) is 0 Å². The number of nitrogens with one attached hydrogen (secondary N) is 1. The first-order chi connectivity index (χ1) is 10.3. The molecule has 4 heteroatoms. The monoisotopic (exact) mass is 285 g/mol. The van der Waals surface area contributed by atoms with Gasteiger partial charge in [-0.1, -0.05) is 6.07 Å². The van der Waals surface area contributed by atoms with Gasteiger partial charge in [-0.3, -0.25) is 0 Å². The maximum atomic E-state index is 9.68. The lowest BCUT2D eigenvalue weighted by atomic mass is 9.87. The number of unbranched alkanes of at least 4 members (excludes halogenated alkanes) is 1. The first-order valence-corrected chi connectivity index (χ1v) is 7.84. The van der Waals surface area contributed by atoms with Crippen molar-refractivity contribution in [3.05, 3.63) is 48.0 Å². The van der Waals surface area contributed by atoms with Crippen LogP contribution in [0, 0.1) is 0 Å². The molecule has 0 bridgehead atoms. The standard InChI is InChI=1S/C17H23N3O/c21-15-7-6-14-4-3-5-17(16(14)12-15)19-8-1-2-10-20-11-9-18-13-20/h6-7,9,11-13,17,19,21H,1-5,8,10H2. The molecule has 112 valence electrons. The Labute approximate surface area is 125 Å². The minimum absolute atomic E-state index is 0.377. The van der Waals surface area contributed by atoms with Crippen LogP contribution in [-0.4, -0.2) is 21.2 Å². The van der Waals surface area contributed by atoms with Gasteiger partial charge in [0.15, 0.2) is 0 Å². The first kappa shape index (κ1) is 14.1. The second-order valence-corrected chi connectivity index (χ2v) is 5.79. The van der Waals surface area contributed by atoms with Gasteiger partial charge in [-0.2, -0.15) is 0 Å². The normalized spacial score (nSPS) is 17.6. The fraction of sp³-hybridized carbons (Fsp3) is 0.471. The molecule has 2 N–H and O–H groups in total. The minimum atomic E-state index is 0.377. The highest BCUT2D eigenvalue weighted by Crippen LogP contribution is 2.31. The van der Waals surface area contributed by atoms with Crippen molar-refractivity contribution in [3.8, 4) is 5.75 Å². The highest BCUT2D eigenvalue weighted by molar-refractivity contribution is 5.38. The smallest absolute Gasteiger partial charge is 0.115 e. The molecular formula is C17H23N3O. The Balaban J connectivity index is 1.47. The van der Waals surface area contributed by atoms with E-state index in [0.717, 1.165) is 38.8 Å². The third-order valence-electron chi connectivity index (χ3n) is 4.24. The van der Waals surface area contributed by atoms with Gasteiger partial charge in [-0.05, 0) is 61.9 Å². The number of rotatable bonds is 6. The Bertz CT molecular complexity index is 565. The third-order valence-corrected chi connectivity index (χ3v) is 4.24. The highest BCUT2D eigenvalue weighted by atomic mass is 16.3. The van der Waals surface area contributed by atoms with Crippen molar-refractivity contribution >= 4 is 0 Å². The Morgan fingerprint density at radius 2 is 2.29 bits per heavy atom. The van der Waals surface area contributed by atoms with Crippen LogP contribution in [0.4, 0.5) is 0 Å². The van der Waals surface area contributed by atoms with Crippen LogP contribution in [0.15, 0.2) is 36.9 Å². The van der Waals surface area contributed by atoms with E-state index in [1.165, 1.54) is 17.5 Å². The average Bonchev–Trinajstić information content (AvgIpc) is 3.00. The van der Waals surface area contributed by atoms with E-state index in [4.69, 9.17) is 0 Å². The summed E-state index contributed by atoms with van der Waals surface area (Å²) < 4.78 is 2.12. The Hall–Kier alpha value is -1.81. The number of aromatic hydroxyl groups is 1. The molecule has 1 atom stereocenters. The Kier molecular flexibility index (Phi) is 4.55. The van der Waals surface area contributed by atoms with Crippen molar-refractivity contribution in [2.75, 3.05) is 6.54 Å². The molecule has 0 spiro atoms. The lowest BCUT2D eigenvalue weighted by molar-refractivity contribution is 0.437. The summed E-state index contributed by atoms with van der Waals surface area (Å²) in [5.41, 5.74) is 2.67. The van der Waals surface area contributed by atoms with Crippen LogP contribution >= 0.6 is 0 Å². The van der Waals surface area contributed by atoms with Gasteiger partial charge < -0.3 is 15.0 Å². The van der Waals surface area contributed by atoms with Crippen molar-refractivity contribution in [2.24, 2.45) is 0 Å². The number of aryl methyl sites for hydroxylation is 2. The number of fused-ring (bicyclic) bond motifs is 1. The third kappa shape index (κ3) is 3.64. The Morgan fingerprint density at radius 3 is 3.14 bits per heavy atom. The van der Waals surface area contributed by atoms with E-state index in [-0.39, 0.29) is 0 Å². The van der Waals surface area contributed by atoms with Crippen LogP contribution in [0.25, 0.3) is 0 Å². The summed E-state index contributed by atoms with van der Waals surface area (Å²) in [6.45, 7) is 2.05. The molecule has 1 unspecified atom stereocenters. The molecule has 0 saturated carbocycles. The lowest BCUT2D eigenvalue weighted by Gasteiger charge is -2.26. The van der Waals surface area contributed by atoms with E-state index in [1.807, 2.05) is 24.8 Å². The van der Waals surface area contributed by atoms with Crippen LogP contribution in [0.1, 0.15) is 42.9 Å². The van der Waals surface area contributed by atoms with E-state index in [1.54, 1.807) is 6.07 Å². The number of aromatic nitrogens is 2. The molecule has 0 fully saturated rings. The summed E-state index contributed by atoms with van der Waals surface area (Å²) in [5, 5.41) is 13.3. The molecule has 1 heterocycles. The number of hydrogen-bond donors (Lipinski definition) is 2. The van der Waals surface area contributed by atoms with Crippen LogP contribution < -0.4 is 5.32 Å². The van der Waals surface area contributed by atoms with Crippen LogP contribution in [0.2, 0.25) is 0 Å². The van der Waals surface area contributed by atoms with Gasteiger partial charge in [-0.25, -0.2) is 4.98 Å². The van der Waals surface area contributed by atoms with Gasteiger partial charge in [0.1, 0.15) is 5.75 Å². The van der Waals surface area contributed by atoms with Gasteiger partial charge in [0.05, 0.1) is 6.33 Å². The summed E-state index contributed by atoms with van der Waals surface area (Å²) in [4.78, 5) is 4.05. The molecular weight excluding hydrogens is 262 g/mol. The molecule has 4 nitrogen and oxygen atoms in total. The van der Waals surface area contributed by atoms with Crippen molar-refractivity contribution < 1.29 is 5.11 Å². The molecule has 2 aromatic rings. The lowest BCUT2D eigenvalue weighted by Crippen LogP contribution is -2.26. The van der Waals surface area contributed by atoms with Crippen LogP contribution in [0.3, 0.4) is 0 Å². The number of hydrogen-bond acceptors (Lipinski definition) is 3. The first-order valence-electron chi connectivity index (χ1n) is 7.84. The summed E-state index contributed by atoms with van der Waals surface area (Å²) >= 11 is 0. The fourth-order valence-electron chi connectivity index (χ4n) is 3.11. The largest absolute Gasteiger partial charge is 0.508 e. The summed E-state index contributed by atoms with van der Waals surface area (Å²) in [7, 11) is 0. The SMILES string of the molecule is Oc1ccc2c(c1)C(NCCCCn1ccnc1)CCC2. The van der Waals surface area contributed by atoms with Gasteiger partial charge in [0, 0.05) is 25.0 Å². The molecule has 21 heavy (non-hydrogen) atoms. The maximum Gasteiger partial charge on any atom is 0.115 e. The molecule has 0 saturated heterocycles. The summed E-state index contributed by atoms with van der Waals surface area (Å²) in [6.07, 6.45) is 11.5. The van der Waals surface area contributed by atoms with Gasteiger partial charge in [0.25, 0.3) is 0 Å². The zero-order valence-corrected chi connectivity index (χ0v) is 12.3. The predicted octanol–water partition coefficient (Wildman–Crippen LogP) is 3.04. The van der Waals surface area contributed by atoms with Gasteiger partial charge in [0.2, 0.25) is 0 Å². The summed E-state index contributed by atoms with van der Waals surface area (Å²) in [6, 6.07) is 6.19. The molecule has 0 aliphatic heterocycles. The zero-order chi connectivity index (χ0) is 14.5. The molecule has 1 aromatic heterocycles. The maximum absolute atomic E-state index is 9.68. The Morgan fingerprint density at radius 1 is 1.33 bits per heavy atom. The number of imidazole rings is 1. The van der Waals surface area contributed by atoms with Gasteiger partial charge in [-0.15, -0.1) is 0 Å². The van der Waals surface area contributed by atoms with Crippen LogP contribution in [-0.2, 0) is 13.0 Å². The molecule has 1 aliphatic rings. The fourth-order valence-corrected chi connectivity index (χ4v) is 3.11. The molecule has 0 radical (unpaired) electrons. The minimum Gasteiger partial charge on any atom is -0.508 e. The van der Waals surface area contributed by atoms with E-state index >= 15 is 0 Å². The number of nitrogens with zero attached hydrogens (tertiary/aromatic N) is 2. The molecule has 1 aromatic carbocycles. The predicted molar refractivity (Wildman–Crippen MR) is 83.2 cm³/mol. The van der Waals surface area contributed by atoms with Crippen molar-refractivity contribution in [1.29, 1.82) is 0 Å². The van der Waals surface area contributed by atoms with Crippen LogP contribution in [0.5, 0.6) is 5.75 Å². The topological polar surface area (TPSA) is 50.1 Å². The zero-order valence-electron chi connectivity index (χ0n) is 12.3. The number of phenols is 1. The molecule has 3 rings (SSSR count). The second kappa shape index (κ2) is 6.76. The van der Waals surface area contributed by atoms with Crippen molar-refractivity contribution in [1.82, 2.24) is 14.9 Å². The average molecular weight is 285 g/mol. The van der Waals surface area contributed by atoms with E-state index < -0.39 is 0 Å². The van der Waals surface area contributed by atoms with E-state index in [0.29, 0.717) is 11.8 Å².